The van der Waals surface area contributed by atoms with Crippen LogP contribution in [0.5, 0.6) is 5.75 Å². The van der Waals surface area contributed by atoms with E-state index in [2.05, 4.69) is 10.4 Å². The first kappa shape index (κ1) is 15.6. The molecule has 0 unspecified atom stereocenters. The zero-order chi connectivity index (χ0) is 16.9. The minimum atomic E-state index is -0.455. The molecule has 0 bridgehead atoms. The van der Waals surface area contributed by atoms with E-state index in [1.807, 2.05) is 42.6 Å². The summed E-state index contributed by atoms with van der Waals surface area (Å²) in [6.07, 6.45) is 1.84. The molecule has 0 spiro atoms. The Hall–Kier alpha value is -3.33. The zero-order valence-electron chi connectivity index (χ0n) is 13.0. The van der Waals surface area contributed by atoms with Gasteiger partial charge in [-0.1, -0.05) is 0 Å². The lowest BCUT2D eigenvalue weighted by Crippen LogP contribution is -2.03. The number of nitriles is 1. The Morgan fingerprint density at radius 1 is 1.21 bits per heavy atom. The van der Waals surface area contributed by atoms with Crippen molar-refractivity contribution in [2.24, 2.45) is 0 Å². The van der Waals surface area contributed by atoms with Gasteiger partial charge in [-0.25, -0.2) is 9.07 Å². The van der Waals surface area contributed by atoms with Crippen LogP contribution in [-0.2, 0) is 6.54 Å². The van der Waals surface area contributed by atoms with Crippen molar-refractivity contribution in [1.29, 1.82) is 5.26 Å². The van der Waals surface area contributed by atoms with Gasteiger partial charge in [0, 0.05) is 6.20 Å². The Bertz CT molecular complexity index is 881. The maximum atomic E-state index is 13.8. The summed E-state index contributed by atoms with van der Waals surface area (Å²) in [6.45, 7) is 0.381. The van der Waals surface area contributed by atoms with Gasteiger partial charge in [0.05, 0.1) is 42.4 Å². The van der Waals surface area contributed by atoms with E-state index < -0.39 is 5.82 Å². The third kappa shape index (κ3) is 3.36. The summed E-state index contributed by atoms with van der Waals surface area (Å²) in [4.78, 5) is 0. The molecule has 0 aliphatic rings. The number of nitrogens with one attached hydrogen (secondary N) is 1. The van der Waals surface area contributed by atoms with Crippen molar-refractivity contribution in [3.8, 4) is 17.5 Å². The average Bonchev–Trinajstić information content (AvgIpc) is 3.09. The maximum absolute atomic E-state index is 13.8. The van der Waals surface area contributed by atoms with Crippen molar-refractivity contribution >= 4 is 5.69 Å². The van der Waals surface area contributed by atoms with Gasteiger partial charge in [0.25, 0.3) is 0 Å². The van der Waals surface area contributed by atoms with Gasteiger partial charge in [0.15, 0.2) is 0 Å². The number of rotatable bonds is 5. The van der Waals surface area contributed by atoms with Crippen LogP contribution in [0.15, 0.2) is 54.7 Å². The minimum Gasteiger partial charge on any atom is -0.497 e. The van der Waals surface area contributed by atoms with Crippen molar-refractivity contribution in [2.45, 2.75) is 6.54 Å². The van der Waals surface area contributed by atoms with Crippen LogP contribution in [-0.4, -0.2) is 16.9 Å². The molecule has 1 N–H and O–H groups in total. The first-order valence-electron chi connectivity index (χ1n) is 7.32. The number of aromatic nitrogens is 2. The molecular weight excluding hydrogens is 307 g/mol. The van der Waals surface area contributed by atoms with Crippen molar-refractivity contribution in [3.63, 3.8) is 0 Å². The van der Waals surface area contributed by atoms with Gasteiger partial charge in [0.2, 0.25) is 0 Å². The maximum Gasteiger partial charge on any atom is 0.147 e. The molecule has 2 aromatic carbocycles. The quantitative estimate of drug-likeness (QED) is 0.781. The third-order valence-corrected chi connectivity index (χ3v) is 3.54. The molecule has 0 atom stereocenters. The zero-order valence-corrected chi connectivity index (χ0v) is 13.0. The van der Waals surface area contributed by atoms with Crippen molar-refractivity contribution < 1.29 is 9.13 Å². The van der Waals surface area contributed by atoms with Crippen LogP contribution in [0.3, 0.4) is 0 Å². The molecule has 0 fully saturated rings. The van der Waals surface area contributed by atoms with Crippen molar-refractivity contribution in [2.75, 3.05) is 12.4 Å². The van der Waals surface area contributed by atoms with Gasteiger partial charge < -0.3 is 10.1 Å². The fourth-order valence-corrected chi connectivity index (χ4v) is 2.25. The molecule has 3 aromatic rings. The van der Waals surface area contributed by atoms with Gasteiger partial charge in [-0.15, -0.1) is 0 Å². The third-order valence-electron chi connectivity index (χ3n) is 3.54. The molecular formula is C18H15FN4O. The SMILES string of the molecule is COc1ccc(-n2ccc(CNc3ccc(C#N)cc3F)n2)cc1. The summed E-state index contributed by atoms with van der Waals surface area (Å²) in [5.41, 5.74) is 2.32. The molecule has 0 amide bonds. The monoisotopic (exact) mass is 322 g/mol. The highest BCUT2D eigenvalue weighted by Gasteiger charge is 2.05. The number of ether oxygens (including phenoxy) is 1. The van der Waals surface area contributed by atoms with Gasteiger partial charge in [-0.05, 0) is 48.5 Å². The molecule has 24 heavy (non-hydrogen) atoms. The van der Waals surface area contributed by atoms with Crippen LogP contribution in [0.4, 0.5) is 10.1 Å². The number of benzene rings is 2. The number of halogens is 1. The Labute approximate surface area is 138 Å². The largest absolute Gasteiger partial charge is 0.497 e. The van der Waals surface area contributed by atoms with Gasteiger partial charge in [-0.3, -0.25) is 0 Å². The summed E-state index contributed by atoms with van der Waals surface area (Å²) in [7, 11) is 1.62. The predicted molar refractivity (Wildman–Crippen MR) is 88.6 cm³/mol. The Balaban J connectivity index is 1.69. The second-order valence-corrected chi connectivity index (χ2v) is 5.11. The lowest BCUT2D eigenvalue weighted by atomic mass is 10.2. The molecule has 6 heteroatoms. The van der Waals surface area contributed by atoms with E-state index in [1.54, 1.807) is 23.9 Å². The number of anilines is 1. The number of hydrogen-bond donors (Lipinski definition) is 1. The van der Waals surface area contributed by atoms with Crippen LogP contribution < -0.4 is 10.1 Å². The van der Waals surface area contributed by atoms with E-state index in [4.69, 9.17) is 10.00 Å². The van der Waals surface area contributed by atoms with E-state index in [0.29, 0.717) is 17.8 Å². The van der Waals surface area contributed by atoms with E-state index in [1.165, 1.54) is 6.07 Å². The molecule has 0 saturated heterocycles. The highest BCUT2D eigenvalue weighted by Crippen LogP contribution is 2.17. The summed E-state index contributed by atoms with van der Waals surface area (Å²) in [6, 6.07) is 15.6. The Kier molecular flexibility index (Phi) is 4.43. The molecule has 5 nitrogen and oxygen atoms in total. The lowest BCUT2D eigenvalue weighted by molar-refractivity contribution is 0.414. The highest BCUT2D eigenvalue weighted by molar-refractivity contribution is 5.49. The topological polar surface area (TPSA) is 62.9 Å². The number of nitrogens with zero attached hydrogens (tertiary/aromatic N) is 3. The van der Waals surface area contributed by atoms with Gasteiger partial charge in [0.1, 0.15) is 11.6 Å². The normalized spacial score (nSPS) is 10.2. The molecule has 3 rings (SSSR count). The number of hydrogen-bond acceptors (Lipinski definition) is 4. The first-order chi connectivity index (χ1) is 11.7. The van der Waals surface area contributed by atoms with E-state index in [9.17, 15) is 4.39 Å². The molecule has 1 heterocycles. The van der Waals surface area contributed by atoms with Gasteiger partial charge in [-0.2, -0.15) is 10.4 Å². The molecule has 120 valence electrons. The lowest BCUT2D eigenvalue weighted by Gasteiger charge is -2.06. The van der Waals surface area contributed by atoms with Crippen molar-refractivity contribution in [1.82, 2.24) is 9.78 Å². The highest BCUT2D eigenvalue weighted by atomic mass is 19.1. The van der Waals surface area contributed by atoms with E-state index in [-0.39, 0.29) is 0 Å². The standard InChI is InChI=1S/C18H15FN4O/c1-24-16-5-3-15(4-6-16)23-9-8-14(22-23)12-21-18-7-2-13(11-20)10-17(18)19/h2-10,21H,12H2,1H3. The minimum absolute atomic E-state index is 0.293. The van der Waals surface area contributed by atoms with Crippen molar-refractivity contribution in [3.05, 3.63) is 71.8 Å². The van der Waals surface area contributed by atoms with E-state index in [0.717, 1.165) is 17.1 Å². The molecule has 0 saturated carbocycles. The molecule has 1 aromatic heterocycles. The number of methoxy groups -OCH3 is 1. The smallest absolute Gasteiger partial charge is 0.147 e. The summed E-state index contributed by atoms with van der Waals surface area (Å²) in [5.74, 6) is 0.327. The van der Waals surface area contributed by atoms with E-state index >= 15 is 0 Å². The summed E-state index contributed by atoms with van der Waals surface area (Å²) >= 11 is 0. The van der Waals surface area contributed by atoms with Gasteiger partial charge >= 0.3 is 0 Å². The first-order valence-corrected chi connectivity index (χ1v) is 7.32. The van der Waals surface area contributed by atoms with Crippen LogP contribution in [0.1, 0.15) is 11.3 Å². The summed E-state index contributed by atoms with van der Waals surface area (Å²) in [5, 5.41) is 16.2. The van der Waals surface area contributed by atoms with Crippen LogP contribution >= 0.6 is 0 Å². The average molecular weight is 322 g/mol. The Morgan fingerprint density at radius 2 is 2.00 bits per heavy atom. The second-order valence-electron chi connectivity index (χ2n) is 5.11. The second kappa shape index (κ2) is 6.84. The molecule has 0 aliphatic heterocycles. The van der Waals surface area contributed by atoms with Crippen LogP contribution in [0.25, 0.3) is 5.69 Å². The fourth-order valence-electron chi connectivity index (χ4n) is 2.25. The molecule has 0 aliphatic carbocycles. The Morgan fingerprint density at radius 3 is 2.67 bits per heavy atom. The molecule has 0 radical (unpaired) electrons. The van der Waals surface area contributed by atoms with Crippen LogP contribution in [0.2, 0.25) is 0 Å². The predicted octanol–water partition coefficient (Wildman–Crippen LogP) is 3.50. The summed E-state index contributed by atoms with van der Waals surface area (Å²) < 4.78 is 20.7. The fraction of sp³-hybridized carbons (Fsp3) is 0.111. The van der Waals surface area contributed by atoms with Crippen LogP contribution in [0, 0.1) is 17.1 Å².